The second kappa shape index (κ2) is 10.1. The van der Waals surface area contributed by atoms with E-state index >= 15 is 0 Å². The van der Waals surface area contributed by atoms with Gasteiger partial charge in [-0.15, -0.1) is 0 Å². The smallest absolute Gasteiger partial charge is 0.251 e. The van der Waals surface area contributed by atoms with Gasteiger partial charge in [-0.3, -0.25) is 9.59 Å². The Labute approximate surface area is 181 Å². The number of hydrogen-bond donors (Lipinski definition) is 2. The first kappa shape index (κ1) is 21.6. The molecule has 30 heavy (non-hydrogen) atoms. The van der Waals surface area contributed by atoms with Crippen molar-refractivity contribution in [1.29, 1.82) is 0 Å². The van der Waals surface area contributed by atoms with Crippen LogP contribution in [0, 0.1) is 5.92 Å². The van der Waals surface area contributed by atoms with E-state index in [1.165, 1.54) is 0 Å². The van der Waals surface area contributed by atoms with E-state index in [2.05, 4.69) is 15.7 Å². The SMILES string of the molecule is CC(C)C(NC(=O)c1ccc(Cl)cc1)C(=O)NCCc1ccc(-n2cccn2)cc1. The summed E-state index contributed by atoms with van der Waals surface area (Å²) in [5.41, 5.74) is 2.56. The van der Waals surface area contributed by atoms with Gasteiger partial charge in [-0.05, 0) is 60.4 Å². The average Bonchev–Trinajstić information content (AvgIpc) is 3.27. The molecule has 3 aromatic rings. The molecule has 156 valence electrons. The largest absolute Gasteiger partial charge is 0.354 e. The number of carbonyl (C=O) groups excluding carboxylic acids is 2. The van der Waals surface area contributed by atoms with Crippen molar-refractivity contribution >= 4 is 23.4 Å². The van der Waals surface area contributed by atoms with Crippen molar-refractivity contribution in [3.05, 3.63) is 83.1 Å². The van der Waals surface area contributed by atoms with Crippen molar-refractivity contribution in [2.75, 3.05) is 6.54 Å². The minimum absolute atomic E-state index is 0.0467. The van der Waals surface area contributed by atoms with Crippen LogP contribution in [-0.4, -0.2) is 34.2 Å². The quantitative estimate of drug-likeness (QED) is 0.579. The Bertz CT molecular complexity index is 967. The Morgan fingerprint density at radius 2 is 1.77 bits per heavy atom. The molecule has 0 fully saturated rings. The Balaban J connectivity index is 1.52. The molecule has 0 aliphatic heterocycles. The summed E-state index contributed by atoms with van der Waals surface area (Å²) in [4.78, 5) is 25.1. The zero-order chi connectivity index (χ0) is 21.5. The molecule has 0 saturated heterocycles. The highest BCUT2D eigenvalue weighted by Crippen LogP contribution is 2.11. The third-order valence-corrected chi connectivity index (χ3v) is 5.01. The van der Waals surface area contributed by atoms with Crippen molar-refractivity contribution < 1.29 is 9.59 Å². The van der Waals surface area contributed by atoms with Crippen LogP contribution in [0.1, 0.15) is 29.8 Å². The van der Waals surface area contributed by atoms with Gasteiger partial charge in [0.15, 0.2) is 0 Å². The number of halogens is 1. The Morgan fingerprint density at radius 3 is 2.37 bits per heavy atom. The van der Waals surface area contributed by atoms with Gasteiger partial charge in [0.2, 0.25) is 5.91 Å². The summed E-state index contributed by atoms with van der Waals surface area (Å²) in [5.74, 6) is -0.537. The topological polar surface area (TPSA) is 76.0 Å². The number of rotatable bonds is 8. The number of hydrogen-bond acceptors (Lipinski definition) is 3. The van der Waals surface area contributed by atoms with Crippen LogP contribution in [0.3, 0.4) is 0 Å². The normalized spacial score (nSPS) is 11.9. The van der Waals surface area contributed by atoms with Crippen molar-refractivity contribution in [1.82, 2.24) is 20.4 Å². The van der Waals surface area contributed by atoms with Crippen LogP contribution in [0.2, 0.25) is 5.02 Å². The summed E-state index contributed by atoms with van der Waals surface area (Å²) in [6, 6.07) is 15.9. The third kappa shape index (κ3) is 5.70. The maximum Gasteiger partial charge on any atom is 0.251 e. The lowest BCUT2D eigenvalue weighted by Gasteiger charge is -2.22. The van der Waals surface area contributed by atoms with E-state index in [9.17, 15) is 9.59 Å². The van der Waals surface area contributed by atoms with E-state index in [1.807, 2.05) is 50.4 Å². The average molecular weight is 425 g/mol. The van der Waals surface area contributed by atoms with Crippen LogP contribution in [0.5, 0.6) is 0 Å². The molecule has 3 rings (SSSR count). The van der Waals surface area contributed by atoms with Gasteiger partial charge in [-0.1, -0.05) is 37.6 Å². The highest BCUT2D eigenvalue weighted by molar-refractivity contribution is 6.30. The lowest BCUT2D eigenvalue weighted by molar-refractivity contribution is -0.123. The van der Waals surface area contributed by atoms with Gasteiger partial charge < -0.3 is 10.6 Å². The molecule has 1 aromatic heterocycles. The fraction of sp³-hybridized carbons (Fsp3) is 0.261. The summed E-state index contributed by atoms with van der Waals surface area (Å²) in [7, 11) is 0. The molecule has 1 atom stereocenters. The van der Waals surface area contributed by atoms with Gasteiger partial charge in [0.05, 0.1) is 5.69 Å². The van der Waals surface area contributed by atoms with Crippen molar-refractivity contribution in [3.63, 3.8) is 0 Å². The molecule has 0 radical (unpaired) electrons. The second-order valence-electron chi connectivity index (χ2n) is 7.36. The molecule has 2 amide bonds. The van der Waals surface area contributed by atoms with Crippen LogP contribution < -0.4 is 10.6 Å². The first-order valence-corrected chi connectivity index (χ1v) is 10.2. The molecule has 2 aromatic carbocycles. The molecular weight excluding hydrogens is 400 g/mol. The minimum Gasteiger partial charge on any atom is -0.354 e. The van der Waals surface area contributed by atoms with Gasteiger partial charge in [0, 0.05) is 29.5 Å². The van der Waals surface area contributed by atoms with Gasteiger partial charge in [-0.25, -0.2) is 4.68 Å². The van der Waals surface area contributed by atoms with E-state index < -0.39 is 6.04 Å². The van der Waals surface area contributed by atoms with Crippen molar-refractivity contribution in [2.24, 2.45) is 5.92 Å². The summed E-state index contributed by atoms with van der Waals surface area (Å²) < 4.78 is 1.79. The van der Waals surface area contributed by atoms with E-state index in [1.54, 1.807) is 35.1 Å². The van der Waals surface area contributed by atoms with Gasteiger partial charge >= 0.3 is 0 Å². The molecule has 1 unspecified atom stereocenters. The Morgan fingerprint density at radius 1 is 1.07 bits per heavy atom. The van der Waals surface area contributed by atoms with Crippen LogP contribution in [-0.2, 0) is 11.2 Å². The van der Waals surface area contributed by atoms with Crippen LogP contribution in [0.4, 0.5) is 0 Å². The van der Waals surface area contributed by atoms with E-state index in [0.717, 1.165) is 11.3 Å². The molecule has 0 bridgehead atoms. The summed E-state index contributed by atoms with van der Waals surface area (Å²) in [6.45, 7) is 4.29. The molecule has 6 nitrogen and oxygen atoms in total. The zero-order valence-corrected chi connectivity index (χ0v) is 17.8. The number of amides is 2. The summed E-state index contributed by atoms with van der Waals surface area (Å²) in [5, 5.41) is 10.5. The van der Waals surface area contributed by atoms with Crippen LogP contribution in [0.15, 0.2) is 67.0 Å². The fourth-order valence-electron chi connectivity index (χ4n) is 3.04. The number of benzene rings is 2. The number of nitrogens with zero attached hydrogens (tertiary/aromatic N) is 2. The van der Waals surface area contributed by atoms with Gasteiger partial charge in [0.25, 0.3) is 5.91 Å². The molecule has 0 saturated carbocycles. The Kier molecular flexibility index (Phi) is 7.25. The van der Waals surface area contributed by atoms with Gasteiger partial charge in [-0.2, -0.15) is 5.10 Å². The number of nitrogens with one attached hydrogen (secondary N) is 2. The molecule has 7 heteroatoms. The zero-order valence-electron chi connectivity index (χ0n) is 17.0. The predicted octanol–water partition coefficient (Wildman–Crippen LogP) is 3.64. The maximum absolute atomic E-state index is 12.6. The van der Waals surface area contributed by atoms with E-state index in [4.69, 9.17) is 11.6 Å². The van der Waals surface area contributed by atoms with E-state index in [0.29, 0.717) is 23.6 Å². The first-order valence-electron chi connectivity index (χ1n) is 9.87. The Hall–Kier alpha value is -3.12. The maximum atomic E-state index is 12.6. The molecule has 0 spiro atoms. The lowest BCUT2D eigenvalue weighted by atomic mass is 10.0. The fourth-order valence-corrected chi connectivity index (χ4v) is 3.16. The first-order chi connectivity index (χ1) is 14.4. The molecular formula is C23H25ClN4O2. The lowest BCUT2D eigenvalue weighted by Crippen LogP contribution is -2.50. The van der Waals surface area contributed by atoms with Crippen molar-refractivity contribution in [2.45, 2.75) is 26.3 Å². The third-order valence-electron chi connectivity index (χ3n) is 4.76. The molecule has 1 heterocycles. The monoisotopic (exact) mass is 424 g/mol. The molecule has 2 N–H and O–H groups in total. The predicted molar refractivity (Wildman–Crippen MR) is 118 cm³/mol. The summed E-state index contributed by atoms with van der Waals surface area (Å²) >= 11 is 5.87. The summed E-state index contributed by atoms with van der Waals surface area (Å²) in [6.07, 6.45) is 4.32. The minimum atomic E-state index is -0.615. The standard InChI is InChI=1S/C23H25ClN4O2/c1-16(2)21(27-22(29)18-6-8-19(24)9-7-18)23(30)25-14-12-17-4-10-20(11-5-17)28-15-3-13-26-28/h3-11,13,15-16,21H,12,14H2,1-2H3,(H,25,30)(H,27,29). The second-order valence-corrected chi connectivity index (χ2v) is 7.80. The van der Waals surface area contributed by atoms with Gasteiger partial charge in [0.1, 0.15) is 6.04 Å². The van der Waals surface area contributed by atoms with Crippen LogP contribution in [0.25, 0.3) is 5.69 Å². The van der Waals surface area contributed by atoms with Crippen molar-refractivity contribution in [3.8, 4) is 5.69 Å². The number of aromatic nitrogens is 2. The van der Waals surface area contributed by atoms with Crippen LogP contribution >= 0.6 is 11.6 Å². The molecule has 0 aliphatic rings. The van der Waals surface area contributed by atoms with E-state index in [-0.39, 0.29) is 17.7 Å². The number of carbonyl (C=O) groups is 2. The highest BCUT2D eigenvalue weighted by atomic mass is 35.5. The molecule has 0 aliphatic carbocycles. The highest BCUT2D eigenvalue weighted by Gasteiger charge is 2.24.